The van der Waals surface area contributed by atoms with Crippen molar-refractivity contribution in [3.05, 3.63) is 41.7 Å². The molecule has 1 atom stereocenters. The molecule has 1 heterocycles. The van der Waals surface area contributed by atoms with Gasteiger partial charge in [-0.25, -0.2) is 13.1 Å². The summed E-state index contributed by atoms with van der Waals surface area (Å²) in [5.74, 6) is 0. The molecule has 0 amide bonds. The smallest absolute Gasteiger partial charge is 0.244 e. The topological polar surface area (TPSA) is 101 Å². The number of anilines is 1. The molecule has 1 aromatic heterocycles. The number of aromatic amines is 1. The lowest BCUT2D eigenvalue weighted by molar-refractivity contribution is 0.566. The van der Waals surface area contributed by atoms with Gasteiger partial charge >= 0.3 is 0 Å². The number of benzene rings is 1. The Balaban J connectivity index is 2.21. The Morgan fingerprint density at radius 2 is 1.95 bits per heavy atom. The zero-order valence-electron chi connectivity index (χ0n) is 10.7. The molecule has 2 rings (SSSR count). The van der Waals surface area contributed by atoms with Crippen LogP contribution in [0.3, 0.4) is 0 Å². The van der Waals surface area contributed by atoms with Crippen molar-refractivity contribution in [2.75, 3.05) is 5.73 Å². The number of nitrogen functional groups attached to an aromatic ring is 1. The van der Waals surface area contributed by atoms with Gasteiger partial charge in [-0.05, 0) is 31.5 Å². The van der Waals surface area contributed by atoms with Crippen LogP contribution in [0.15, 0.2) is 35.4 Å². The van der Waals surface area contributed by atoms with Crippen LogP contribution in [-0.2, 0) is 10.0 Å². The van der Waals surface area contributed by atoms with Crippen molar-refractivity contribution in [2.24, 2.45) is 0 Å². The van der Waals surface area contributed by atoms with Gasteiger partial charge in [-0.2, -0.15) is 5.10 Å². The number of aryl methyl sites for hydroxylation is 1. The van der Waals surface area contributed by atoms with E-state index in [4.69, 9.17) is 5.73 Å². The molecule has 0 fully saturated rings. The van der Waals surface area contributed by atoms with Crippen molar-refractivity contribution in [3.63, 3.8) is 0 Å². The maximum atomic E-state index is 12.2. The second kappa shape index (κ2) is 5.02. The summed E-state index contributed by atoms with van der Waals surface area (Å²) in [7, 11) is -3.58. The van der Waals surface area contributed by atoms with E-state index in [-0.39, 0.29) is 10.9 Å². The van der Waals surface area contributed by atoms with Gasteiger partial charge in [0.05, 0.1) is 11.9 Å². The first-order valence-corrected chi connectivity index (χ1v) is 7.26. The summed E-state index contributed by atoms with van der Waals surface area (Å²) in [6, 6.07) is 6.72. The Morgan fingerprint density at radius 1 is 1.32 bits per heavy atom. The Morgan fingerprint density at radius 3 is 2.47 bits per heavy atom. The van der Waals surface area contributed by atoms with Gasteiger partial charge in [-0.1, -0.05) is 12.1 Å². The van der Waals surface area contributed by atoms with E-state index in [1.54, 1.807) is 38.1 Å². The number of hydrogen-bond donors (Lipinski definition) is 3. The zero-order valence-corrected chi connectivity index (χ0v) is 11.5. The van der Waals surface area contributed by atoms with Crippen molar-refractivity contribution >= 4 is 15.7 Å². The molecule has 102 valence electrons. The van der Waals surface area contributed by atoms with Crippen LogP contribution in [0.5, 0.6) is 0 Å². The molecule has 2 aromatic rings. The first kappa shape index (κ1) is 13.6. The minimum absolute atomic E-state index is 0.162. The van der Waals surface area contributed by atoms with Crippen LogP contribution in [0.1, 0.15) is 24.2 Å². The molecule has 0 radical (unpaired) electrons. The molecular weight excluding hydrogens is 264 g/mol. The van der Waals surface area contributed by atoms with Crippen molar-refractivity contribution in [1.29, 1.82) is 0 Å². The number of nitrogens with zero attached hydrogens (tertiary/aromatic N) is 1. The van der Waals surface area contributed by atoms with Gasteiger partial charge in [0.1, 0.15) is 4.90 Å². The first-order chi connectivity index (χ1) is 8.90. The average Bonchev–Trinajstić information content (AvgIpc) is 2.76. The maximum Gasteiger partial charge on any atom is 0.244 e. The molecule has 1 unspecified atom stereocenters. The summed E-state index contributed by atoms with van der Waals surface area (Å²) in [6.45, 7) is 3.44. The predicted octanol–water partition coefficient (Wildman–Crippen LogP) is 1.34. The van der Waals surface area contributed by atoms with E-state index in [2.05, 4.69) is 14.9 Å². The SMILES string of the molecule is Cc1[nH]ncc1S(=O)(=O)NC(C)c1ccc(N)cc1. The molecule has 0 saturated heterocycles. The minimum Gasteiger partial charge on any atom is -0.399 e. The fourth-order valence-corrected chi connectivity index (χ4v) is 3.13. The number of nitrogens with two attached hydrogens (primary N) is 1. The van der Waals surface area contributed by atoms with Crippen LogP contribution in [0.2, 0.25) is 0 Å². The molecule has 19 heavy (non-hydrogen) atoms. The van der Waals surface area contributed by atoms with Crippen LogP contribution >= 0.6 is 0 Å². The fraction of sp³-hybridized carbons (Fsp3) is 0.250. The number of nitrogens with one attached hydrogen (secondary N) is 2. The second-order valence-electron chi connectivity index (χ2n) is 4.37. The normalized spacial score (nSPS) is 13.4. The lowest BCUT2D eigenvalue weighted by Gasteiger charge is -2.14. The van der Waals surface area contributed by atoms with Crippen LogP contribution in [0, 0.1) is 6.92 Å². The standard InChI is InChI=1S/C12H16N4O2S/c1-8(10-3-5-11(13)6-4-10)16-19(17,18)12-7-14-15-9(12)2/h3-8,16H,13H2,1-2H3,(H,14,15). The maximum absolute atomic E-state index is 12.2. The van der Waals surface area contributed by atoms with E-state index in [0.29, 0.717) is 11.4 Å². The van der Waals surface area contributed by atoms with Crippen molar-refractivity contribution in [2.45, 2.75) is 24.8 Å². The zero-order chi connectivity index (χ0) is 14.0. The fourth-order valence-electron chi connectivity index (χ4n) is 1.76. The summed E-state index contributed by atoms with van der Waals surface area (Å²) in [6.07, 6.45) is 1.30. The monoisotopic (exact) mass is 280 g/mol. The van der Waals surface area contributed by atoms with Crippen molar-refractivity contribution in [1.82, 2.24) is 14.9 Å². The van der Waals surface area contributed by atoms with E-state index < -0.39 is 10.0 Å². The van der Waals surface area contributed by atoms with Crippen LogP contribution in [0.4, 0.5) is 5.69 Å². The molecule has 1 aromatic carbocycles. The molecule has 4 N–H and O–H groups in total. The molecule has 7 heteroatoms. The summed E-state index contributed by atoms with van der Waals surface area (Å²) < 4.78 is 26.9. The third kappa shape index (κ3) is 2.94. The van der Waals surface area contributed by atoms with E-state index >= 15 is 0 Å². The Kier molecular flexibility index (Phi) is 3.59. The molecule has 0 spiro atoms. The Bertz CT molecular complexity index is 661. The average molecular weight is 280 g/mol. The summed E-state index contributed by atoms with van der Waals surface area (Å²) in [4.78, 5) is 0.162. The van der Waals surface area contributed by atoms with Gasteiger partial charge in [0.2, 0.25) is 10.0 Å². The largest absolute Gasteiger partial charge is 0.399 e. The van der Waals surface area contributed by atoms with Gasteiger partial charge in [-0.15, -0.1) is 0 Å². The van der Waals surface area contributed by atoms with Crippen LogP contribution < -0.4 is 10.5 Å². The quantitative estimate of drug-likeness (QED) is 0.736. The number of H-pyrrole nitrogens is 1. The number of hydrogen-bond acceptors (Lipinski definition) is 4. The summed E-state index contributed by atoms with van der Waals surface area (Å²) in [5, 5.41) is 6.33. The third-order valence-corrected chi connectivity index (χ3v) is 4.50. The molecule has 0 bridgehead atoms. The predicted molar refractivity (Wildman–Crippen MR) is 72.9 cm³/mol. The molecule has 0 aliphatic rings. The minimum atomic E-state index is -3.58. The highest BCUT2D eigenvalue weighted by Gasteiger charge is 2.21. The van der Waals surface area contributed by atoms with E-state index in [1.807, 2.05) is 0 Å². The molecule has 6 nitrogen and oxygen atoms in total. The van der Waals surface area contributed by atoms with Crippen LogP contribution in [-0.4, -0.2) is 18.6 Å². The van der Waals surface area contributed by atoms with Gasteiger partial charge in [0.15, 0.2) is 0 Å². The van der Waals surface area contributed by atoms with E-state index in [0.717, 1.165) is 5.56 Å². The molecule has 0 saturated carbocycles. The van der Waals surface area contributed by atoms with Crippen molar-refractivity contribution < 1.29 is 8.42 Å². The Labute approximate surface area is 112 Å². The van der Waals surface area contributed by atoms with Gasteiger partial charge < -0.3 is 5.73 Å². The number of rotatable bonds is 4. The molecular formula is C12H16N4O2S. The molecule has 0 aliphatic heterocycles. The summed E-state index contributed by atoms with van der Waals surface area (Å²) in [5.41, 5.74) is 7.60. The van der Waals surface area contributed by atoms with Gasteiger partial charge in [-0.3, -0.25) is 5.10 Å². The highest BCUT2D eigenvalue weighted by molar-refractivity contribution is 7.89. The first-order valence-electron chi connectivity index (χ1n) is 5.78. The summed E-state index contributed by atoms with van der Waals surface area (Å²) >= 11 is 0. The Hall–Kier alpha value is -1.86. The van der Waals surface area contributed by atoms with Gasteiger partial charge in [0, 0.05) is 11.7 Å². The van der Waals surface area contributed by atoms with Gasteiger partial charge in [0.25, 0.3) is 0 Å². The van der Waals surface area contributed by atoms with E-state index in [9.17, 15) is 8.42 Å². The second-order valence-corrected chi connectivity index (χ2v) is 6.05. The number of sulfonamides is 1. The highest BCUT2D eigenvalue weighted by atomic mass is 32.2. The third-order valence-electron chi connectivity index (χ3n) is 2.84. The highest BCUT2D eigenvalue weighted by Crippen LogP contribution is 2.18. The number of aromatic nitrogens is 2. The van der Waals surface area contributed by atoms with Crippen molar-refractivity contribution in [3.8, 4) is 0 Å². The van der Waals surface area contributed by atoms with Crippen LogP contribution in [0.25, 0.3) is 0 Å². The lowest BCUT2D eigenvalue weighted by atomic mass is 10.1. The lowest BCUT2D eigenvalue weighted by Crippen LogP contribution is -2.27. The van der Waals surface area contributed by atoms with E-state index in [1.165, 1.54) is 6.20 Å². The molecule has 0 aliphatic carbocycles.